The van der Waals surface area contributed by atoms with Crippen molar-refractivity contribution in [2.45, 2.75) is 30.2 Å². The van der Waals surface area contributed by atoms with Gasteiger partial charge in [-0.2, -0.15) is 9.98 Å². The Morgan fingerprint density at radius 1 is 1.52 bits per heavy atom. The molecule has 1 aliphatic carbocycles. The summed E-state index contributed by atoms with van der Waals surface area (Å²) in [6.07, 6.45) is 1.32. The number of hydrogen-bond donors (Lipinski definition) is 2. The van der Waals surface area contributed by atoms with Gasteiger partial charge in [0.1, 0.15) is 10.4 Å². The van der Waals surface area contributed by atoms with E-state index in [-0.39, 0.29) is 21.4 Å². The lowest BCUT2D eigenvalue weighted by atomic mass is 9.98. The van der Waals surface area contributed by atoms with Crippen molar-refractivity contribution < 1.29 is 18.3 Å². The lowest BCUT2D eigenvalue weighted by Crippen LogP contribution is -2.53. The predicted octanol–water partition coefficient (Wildman–Crippen LogP) is 1.74. The normalized spacial score (nSPS) is 17.8. The fourth-order valence-corrected chi connectivity index (χ4v) is 4.05. The van der Waals surface area contributed by atoms with E-state index in [1.54, 1.807) is 0 Å². The van der Waals surface area contributed by atoms with Crippen LogP contribution in [-0.4, -0.2) is 25.0 Å². The maximum atomic E-state index is 12.4. The molecule has 1 atom stereocenters. The van der Waals surface area contributed by atoms with Gasteiger partial charge in [0.05, 0.1) is 16.7 Å². The van der Waals surface area contributed by atoms with E-state index in [4.69, 9.17) is 16.9 Å². The molecule has 2 N–H and O–H groups in total. The average Bonchev–Trinajstić information content (AvgIpc) is 3.21. The highest BCUT2D eigenvalue weighted by atomic mass is 35.5. The van der Waals surface area contributed by atoms with Gasteiger partial charge < -0.3 is 5.11 Å². The van der Waals surface area contributed by atoms with Gasteiger partial charge in [0, 0.05) is 0 Å². The van der Waals surface area contributed by atoms with Crippen LogP contribution in [0.3, 0.4) is 0 Å². The molecule has 0 aromatic heterocycles. The molecule has 1 aromatic carbocycles. The molecule has 1 aliphatic rings. The molecule has 1 saturated carbocycles. The van der Waals surface area contributed by atoms with Gasteiger partial charge in [-0.3, -0.25) is 4.79 Å². The van der Waals surface area contributed by atoms with Gasteiger partial charge in [0.25, 0.3) is 0 Å². The molecule has 21 heavy (non-hydrogen) atoms. The number of nitrogens with one attached hydrogen (secondary N) is 1. The fraction of sp³-hybridized carbons (Fsp3) is 0.385. The molecule has 0 aliphatic heterocycles. The first-order chi connectivity index (χ1) is 9.70. The van der Waals surface area contributed by atoms with Gasteiger partial charge in [-0.15, -0.1) is 0 Å². The second-order valence-corrected chi connectivity index (χ2v) is 7.20. The molecule has 112 valence electrons. The third-order valence-corrected chi connectivity index (χ3v) is 5.59. The first-order valence-corrected chi connectivity index (χ1v) is 8.04. The maximum absolute atomic E-state index is 12.4. The smallest absolute Gasteiger partial charge is 0.324 e. The first-order valence-electron chi connectivity index (χ1n) is 6.18. The summed E-state index contributed by atoms with van der Waals surface area (Å²) in [5, 5.41) is 17.9. The zero-order valence-corrected chi connectivity index (χ0v) is 12.7. The van der Waals surface area contributed by atoms with Crippen LogP contribution in [-0.2, 0) is 14.8 Å². The highest BCUT2D eigenvalue weighted by Gasteiger charge is 2.50. The number of aliphatic carboxylic acids is 1. The first kappa shape index (κ1) is 15.8. The van der Waals surface area contributed by atoms with Crippen molar-refractivity contribution in [3.63, 3.8) is 0 Å². The molecule has 0 heterocycles. The second-order valence-electron chi connectivity index (χ2n) is 5.14. The van der Waals surface area contributed by atoms with E-state index >= 15 is 0 Å². The number of benzene rings is 1. The summed E-state index contributed by atoms with van der Waals surface area (Å²) >= 11 is 5.88. The zero-order chi connectivity index (χ0) is 15.8. The summed E-state index contributed by atoms with van der Waals surface area (Å²) in [6.45, 7) is 1.35. The Morgan fingerprint density at radius 2 is 2.14 bits per heavy atom. The van der Waals surface area contributed by atoms with Crippen molar-refractivity contribution in [3.05, 3.63) is 28.8 Å². The molecule has 0 saturated heterocycles. The monoisotopic (exact) mass is 328 g/mol. The van der Waals surface area contributed by atoms with Crippen LogP contribution in [0.4, 0.5) is 0 Å². The van der Waals surface area contributed by atoms with E-state index < -0.39 is 21.5 Å². The minimum Gasteiger partial charge on any atom is -0.480 e. The molecule has 6 nitrogen and oxygen atoms in total. The fourth-order valence-electron chi connectivity index (χ4n) is 2.08. The third kappa shape index (κ3) is 3.02. The van der Waals surface area contributed by atoms with E-state index in [1.165, 1.54) is 25.1 Å². The van der Waals surface area contributed by atoms with Crippen LogP contribution in [0, 0.1) is 17.2 Å². The second kappa shape index (κ2) is 5.30. The van der Waals surface area contributed by atoms with Gasteiger partial charge in [0.15, 0.2) is 0 Å². The average molecular weight is 329 g/mol. The number of rotatable bonds is 5. The minimum atomic E-state index is -4.10. The highest BCUT2D eigenvalue weighted by molar-refractivity contribution is 7.89. The Kier molecular flexibility index (Phi) is 3.97. The number of sulfonamides is 1. The Bertz CT molecular complexity index is 737. The lowest BCUT2D eigenvalue weighted by molar-refractivity contribution is -0.144. The van der Waals surface area contributed by atoms with Crippen LogP contribution in [0.25, 0.3) is 0 Å². The predicted molar refractivity (Wildman–Crippen MR) is 75.3 cm³/mol. The van der Waals surface area contributed by atoms with E-state index in [1.807, 2.05) is 6.07 Å². The molecular weight excluding hydrogens is 316 g/mol. The number of carbonyl (C=O) groups is 1. The summed E-state index contributed by atoms with van der Waals surface area (Å²) in [6, 6.07) is 5.58. The van der Waals surface area contributed by atoms with E-state index in [2.05, 4.69) is 4.72 Å². The summed E-state index contributed by atoms with van der Waals surface area (Å²) in [5.74, 6) is -1.46. The van der Waals surface area contributed by atoms with Crippen molar-refractivity contribution in [1.82, 2.24) is 4.72 Å². The van der Waals surface area contributed by atoms with E-state index in [0.717, 1.165) is 0 Å². The largest absolute Gasteiger partial charge is 0.480 e. The number of carboxylic acids is 1. The summed E-state index contributed by atoms with van der Waals surface area (Å²) in [4.78, 5) is 11.2. The molecule has 1 unspecified atom stereocenters. The number of nitriles is 1. The minimum absolute atomic E-state index is 0.120. The molecular formula is C13H13ClN2O4S. The van der Waals surface area contributed by atoms with Crippen molar-refractivity contribution in [2.75, 3.05) is 0 Å². The lowest BCUT2D eigenvalue weighted by Gasteiger charge is -2.26. The van der Waals surface area contributed by atoms with Gasteiger partial charge >= 0.3 is 5.97 Å². The number of nitrogens with zero attached hydrogens (tertiary/aromatic N) is 1. The Hall–Kier alpha value is -1.62. The SMILES string of the molecule is CC(NS(=O)(=O)c1ccc(C#N)cc1Cl)(C(=O)O)C1CC1. The summed E-state index contributed by atoms with van der Waals surface area (Å²) < 4.78 is 27.0. The Balaban J connectivity index is 2.39. The summed E-state index contributed by atoms with van der Waals surface area (Å²) in [7, 11) is -4.10. The zero-order valence-electron chi connectivity index (χ0n) is 11.1. The molecule has 0 bridgehead atoms. The van der Waals surface area contributed by atoms with Crippen LogP contribution >= 0.6 is 11.6 Å². The molecule has 1 fully saturated rings. The van der Waals surface area contributed by atoms with Crippen molar-refractivity contribution in [3.8, 4) is 6.07 Å². The molecule has 8 heteroatoms. The standard InChI is InChI=1S/C13H13ClN2O4S/c1-13(12(17)18,9-3-4-9)16-21(19,20)11-5-2-8(7-15)6-10(11)14/h2,5-6,9,16H,3-4H2,1H3,(H,17,18). The van der Waals surface area contributed by atoms with Crippen LogP contribution < -0.4 is 4.72 Å². The third-order valence-electron chi connectivity index (χ3n) is 3.53. The van der Waals surface area contributed by atoms with Gasteiger partial charge in [0.2, 0.25) is 10.0 Å². The van der Waals surface area contributed by atoms with Crippen molar-refractivity contribution in [1.29, 1.82) is 5.26 Å². The Morgan fingerprint density at radius 3 is 2.57 bits per heavy atom. The van der Waals surface area contributed by atoms with Gasteiger partial charge in [-0.25, -0.2) is 8.42 Å². The van der Waals surface area contributed by atoms with Crippen LogP contribution in [0.5, 0.6) is 0 Å². The highest BCUT2D eigenvalue weighted by Crippen LogP contribution is 2.40. The Labute approximate surface area is 127 Å². The van der Waals surface area contributed by atoms with Crippen LogP contribution in [0.2, 0.25) is 5.02 Å². The summed E-state index contributed by atoms with van der Waals surface area (Å²) in [5.41, 5.74) is -1.34. The van der Waals surface area contributed by atoms with Gasteiger partial charge in [-0.05, 0) is 43.9 Å². The molecule has 0 amide bonds. The number of carboxylic acid groups (broad SMARTS) is 1. The number of halogens is 1. The van der Waals surface area contributed by atoms with E-state index in [0.29, 0.717) is 12.8 Å². The topological polar surface area (TPSA) is 107 Å². The van der Waals surface area contributed by atoms with Crippen molar-refractivity contribution >= 4 is 27.6 Å². The van der Waals surface area contributed by atoms with E-state index in [9.17, 15) is 18.3 Å². The van der Waals surface area contributed by atoms with Crippen LogP contribution in [0.1, 0.15) is 25.3 Å². The van der Waals surface area contributed by atoms with Gasteiger partial charge in [-0.1, -0.05) is 11.6 Å². The quantitative estimate of drug-likeness (QED) is 0.856. The number of hydrogen-bond acceptors (Lipinski definition) is 4. The maximum Gasteiger partial charge on any atom is 0.324 e. The molecule has 2 rings (SSSR count). The molecule has 1 aromatic rings. The van der Waals surface area contributed by atoms with Crippen molar-refractivity contribution in [2.24, 2.45) is 5.92 Å². The van der Waals surface area contributed by atoms with Crippen LogP contribution in [0.15, 0.2) is 23.1 Å². The molecule has 0 radical (unpaired) electrons. The molecule has 0 spiro atoms.